The molecule has 1 saturated heterocycles. The molecule has 1 aliphatic heterocycles. The maximum atomic E-state index is 9.64. The summed E-state index contributed by atoms with van der Waals surface area (Å²) in [5.74, 6) is 0.809. The zero-order chi connectivity index (χ0) is 11.4. The molecule has 0 radical (unpaired) electrons. The highest BCUT2D eigenvalue weighted by molar-refractivity contribution is 5.57. The standard InChI is InChI=1S/C12H17NO3/c1-2-16-12-6-4-3-5-9(12)13-10-7-15-8-11(10)14/h3-6,10-11,13-14H,2,7-8H2,1H3/t10-,11-/m1/s1. The summed E-state index contributed by atoms with van der Waals surface area (Å²) in [6, 6.07) is 7.66. The number of para-hydroxylation sites is 2. The third kappa shape index (κ3) is 2.46. The minimum absolute atomic E-state index is 0.0541. The fraction of sp³-hybridized carbons (Fsp3) is 0.500. The molecular weight excluding hydrogens is 206 g/mol. The lowest BCUT2D eigenvalue weighted by Crippen LogP contribution is -2.31. The van der Waals surface area contributed by atoms with E-state index in [4.69, 9.17) is 9.47 Å². The van der Waals surface area contributed by atoms with Crippen LogP contribution in [0, 0.1) is 0 Å². The normalized spacial score (nSPS) is 24.4. The third-order valence-electron chi connectivity index (χ3n) is 2.58. The number of aliphatic hydroxyl groups excluding tert-OH is 1. The molecule has 1 fully saturated rings. The second-order valence-electron chi connectivity index (χ2n) is 3.78. The lowest BCUT2D eigenvalue weighted by Gasteiger charge is -2.18. The van der Waals surface area contributed by atoms with Gasteiger partial charge in [0.05, 0.1) is 37.7 Å². The Hall–Kier alpha value is -1.26. The van der Waals surface area contributed by atoms with Gasteiger partial charge in [-0.2, -0.15) is 0 Å². The van der Waals surface area contributed by atoms with E-state index in [1.165, 1.54) is 0 Å². The Labute approximate surface area is 95.2 Å². The molecule has 4 heteroatoms. The minimum Gasteiger partial charge on any atom is -0.492 e. The van der Waals surface area contributed by atoms with Crippen molar-refractivity contribution in [3.05, 3.63) is 24.3 Å². The predicted octanol–water partition coefficient (Wildman–Crippen LogP) is 1.26. The highest BCUT2D eigenvalue weighted by Gasteiger charge is 2.26. The molecule has 2 N–H and O–H groups in total. The molecule has 0 unspecified atom stereocenters. The average molecular weight is 223 g/mol. The van der Waals surface area contributed by atoms with Gasteiger partial charge < -0.3 is 19.9 Å². The molecule has 88 valence electrons. The van der Waals surface area contributed by atoms with Crippen LogP contribution >= 0.6 is 0 Å². The van der Waals surface area contributed by atoms with E-state index in [9.17, 15) is 5.11 Å². The number of rotatable bonds is 4. The van der Waals surface area contributed by atoms with Crippen molar-refractivity contribution in [1.82, 2.24) is 0 Å². The SMILES string of the molecule is CCOc1ccccc1N[C@@H]1COC[C@H]1O. The van der Waals surface area contributed by atoms with Crippen LogP contribution in [0.25, 0.3) is 0 Å². The van der Waals surface area contributed by atoms with Gasteiger partial charge in [-0.15, -0.1) is 0 Å². The molecule has 2 rings (SSSR count). The maximum absolute atomic E-state index is 9.64. The summed E-state index contributed by atoms with van der Waals surface area (Å²) in [5, 5.41) is 12.9. The Balaban J connectivity index is 2.07. The third-order valence-corrected chi connectivity index (χ3v) is 2.58. The smallest absolute Gasteiger partial charge is 0.142 e. The Morgan fingerprint density at radius 2 is 2.25 bits per heavy atom. The topological polar surface area (TPSA) is 50.7 Å². The molecule has 0 aromatic heterocycles. The van der Waals surface area contributed by atoms with E-state index in [0.717, 1.165) is 11.4 Å². The molecule has 2 atom stereocenters. The van der Waals surface area contributed by atoms with Crippen molar-refractivity contribution in [1.29, 1.82) is 0 Å². The lowest BCUT2D eigenvalue weighted by molar-refractivity contribution is 0.125. The van der Waals surface area contributed by atoms with Crippen LogP contribution in [0.3, 0.4) is 0 Å². The summed E-state index contributed by atoms with van der Waals surface area (Å²) in [6.07, 6.45) is -0.449. The van der Waals surface area contributed by atoms with Crippen molar-refractivity contribution < 1.29 is 14.6 Å². The van der Waals surface area contributed by atoms with Gasteiger partial charge >= 0.3 is 0 Å². The van der Waals surface area contributed by atoms with Gasteiger partial charge in [-0.1, -0.05) is 12.1 Å². The number of aliphatic hydroxyl groups is 1. The number of hydrogen-bond donors (Lipinski definition) is 2. The van der Waals surface area contributed by atoms with Crippen molar-refractivity contribution >= 4 is 5.69 Å². The fourth-order valence-electron chi connectivity index (χ4n) is 1.75. The second kappa shape index (κ2) is 5.18. The summed E-state index contributed by atoms with van der Waals surface area (Å²) >= 11 is 0. The van der Waals surface area contributed by atoms with Gasteiger partial charge in [0.2, 0.25) is 0 Å². The Bertz CT molecular complexity index is 343. The molecule has 4 nitrogen and oxygen atoms in total. The van der Waals surface area contributed by atoms with Gasteiger partial charge in [-0.25, -0.2) is 0 Å². The van der Waals surface area contributed by atoms with Crippen molar-refractivity contribution in [2.24, 2.45) is 0 Å². The Morgan fingerprint density at radius 3 is 2.94 bits per heavy atom. The zero-order valence-corrected chi connectivity index (χ0v) is 9.35. The quantitative estimate of drug-likeness (QED) is 0.806. The van der Waals surface area contributed by atoms with Crippen molar-refractivity contribution in [3.63, 3.8) is 0 Å². The number of nitrogens with one attached hydrogen (secondary N) is 1. The number of hydrogen-bond acceptors (Lipinski definition) is 4. The van der Waals surface area contributed by atoms with Gasteiger partial charge in [0.1, 0.15) is 5.75 Å². The first kappa shape index (κ1) is 11.2. The van der Waals surface area contributed by atoms with Crippen molar-refractivity contribution in [2.75, 3.05) is 25.1 Å². The van der Waals surface area contributed by atoms with E-state index in [-0.39, 0.29) is 6.04 Å². The van der Waals surface area contributed by atoms with Crippen molar-refractivity contribution in [3.8, 4) is 5.75 Å². The number of benzene rings is 1. The molecule has 1 aromatic rings. The van der Waals surface area contributed by atoms with Crippen LogP contribution in [-0.2, 0) is 4.74 Å². The van der Waals surface area contributed by atoms with E-state index in [1.54, 1.807) is 0 Å². The first-order valence-corrected chi connectivity index (χ1v) is 5.55. The van der Waals surface area contributed by atoms with E-state index in [0.29, 0.717) is 19.8 Å². The highest BCUT2D eigenvalue weighted by Crippen LogP contribution is 2.25. The van der Waals surface area contributed by atoms with Crippen LogP contribution in [-0.4, -0.2) is 37.1 Å². The molecule has 0 aliphatic carbocycles. The van der Waals surface area contributed by atoms with E-state index < -0.39 is 6.10 Å². The molecule has 1 heterocycles. The molecule has 1 aliphatic rings. The summed E-state index contributed by atoms with van der Waals surface area (Å²) in [6.45, 7) is 3.50. The maximum Gasteiger partial charge on any atom is 0.142 e. The monoisotopic (exact) mass is 223 g/mol. The Kier molecular flexibility index (Phi) is 3.64. The highest BCUT2D eigenvalue weighted by atomic mass is 16.5. The van der Waals surface area contributed by atoms with Gasteiger partial charge in [-0.3, -0.25) is 0 Å². The number of anilines is 1. The van der Waals surface area contributed by atoms with Crippen LogP contribution in [0.15, 0.2) is 24.3 Å². The first-order chi connectivity index (χ1) is 7.81. The van der Waals surface area contributed by atoms with Gasteiger partial charge in [0.15, 0.2) is 0 Å². The molecule has 0 amide bonds. The summed E-state index contributed by atoms with van der Waals surface area (Å²) in [7, 11) is 0. The van der Waals surface area contributed by atoms with Gasteiger partial charge in [0.25, 0.3) is 0 Å². The first-order valence-electron chi connectivity index (χ1n) is 5.55. The predicted molar refractivity (Wildman–Crippen MR) is 61.8 cm³/mol. The average Bonchev–Trinajstić information content (AvgIpc) is 2.68. The molecule has 1 aromatic carbocycles. The molecule has 0 saturated carbocycles. The largest absolute Gasteiger partial charge is 0.492 e. The Morgan fingerprint density at radius 1 is 1.44 bits per heavy atom. The van der Waals surface area contributed by atoms with E-state index >= 15 is 0 Å². The number of ether oxygens (including phenoxy) is 2. The van der Waals surface area contributed by atoms with E-state index in [1.807, 2.05) is 31.2 Å². The minimum atomic E-state index is -0.449. The lowest BCUT2D eigenvalue weighted by atomic mass is 10.2. The van der Waals surface area contributed by atoms with Crippen LogP contribution in [0.4, 0.5) is 5.69 Å². The van der Waals surface area contributed by atoms with Crippen LogP contribution in [0.5, 0.6) is 5.75 Å². The summed E-state index contributed by atoms with van der Waals surface area (Å²) in [4.78, 5) is 0. The fourth-order valence-corrected chi connectivity index (χ4v) is 1.75. The zero-order valence-electron chi connectivity index (χ0n) is 9.35. The molecule has 0 bridgehead atoms. The van der Waals surface area contributed by atoms with Crippen molar-refractivity contribution in [2.45, 2.75) is 19.1 Å². The molecular formula is C12H17NO3. The van der Waals surface area contributed by atoms with Crippen LogP contribution in [0.2, 0.25) is 0 Å². The molecule has 0 spiro atoms. The summed E-state index contributed by atoms with van der Waals surface area (Å²) in [5.41, 5.74) is 0.902. The molecule has 16 heavy (non-hydrogen) atoms. The van der Waals surface area contributed by atoms with Gasteiger partial charge in [0, 0.05) is 0 Å². The van der Waals surface area contributed by atoms with E-state index in [2.05, 4.69) is 5.32 Å². The van der Waals surface area contributed by atoms with Crippen LogP contribution < -0.4 is 10.1 Å². The summed E-state index contributed by atoms with van der Waals surface area (Å²) < 4.78 is 10.7. The van der Waals surface area contributed by atoms with Gasteiger partial charge in [-0.05, 0) is 19.1 Å². The van der Waals surface area contributed by atoms with Crippen LogP contribution in [0.1, 0.15) is 6.92 Å². The second-order valence-corrected chi connectivity index (χ2v) is 3.78.